The molecule has 146 valence electrons. The van der Waals surface area contributed by atoms with Gasteiger partial charge in [0, 0.05) is 23.5 Å². The normalized spacial score (nSPS) is 15.6. The van der Waals surface area contributed by atoms with Crippen LogP contribution in [0.15, 0.2) is 65.9 Å². The highest BCUT2D eigenvalue weighted by Crippen LogP contribution is 2.44. The van der Waals surface area contributed by atoms with Crippen molar-refractivity contribution in [2.45, 2.75) is 24.7 Å². The maximum absolute atomic E-state index is 13.1. The number of rotatable bonds is 4. The number of anilines is 1. The molecule has 1 aliphatic carbocycles. The van der Waals surface area contributed by atoms with Crippen molar-refractivity contribution < 1.29 is 9.18 Å². The quantitative estimate of drug-likeness (QED) is 0.525. The Hall–Kier alpha value is -3.61. The molecule has 0 aliphatic heterocycles. The van der Waals surface area contributed by atoms with Gasteiger partial charge in [0.15, 0.2) is 0 Å². The lowest BCUT2D eigenvalue weighted by atomic mass is 9.63. The van der Waals surface area contributed by atoms with Crippen molar-refractivity contribution in [2.75, 3.05) is 5.73 Å². The van der Waals surface area contributed by atoms with E-state index in [1.165, 1.54) is 24.3 Å². The second-order valence-electron chi connectivity index (χ2n) is 7.15. The van der Waals surface area contributed by atoms with Gasteiger partial charge in [0.05, 0.1) is 5.41 Å². The molecule has 1 amide bonds. The molecule has 6 nitrogen and oxygen atoms in total. The van der Waals surface area contributed by atoms with E-state index in [4.69, 9.17) is 11.5 Å². The number of aromatic nitrogens is 2. The number of hydrogen-bond acceptors (Lipinski definition) is 4. The molecular formula is C22H20FN5O. The Morgan fingerprint density at radius 2 is 1.59 bits per heavy atom. The second kappa shape index (κ2) is 7.43. The summed E-state index contributed by atoms with van der Waals surface area (Å²) < 4.78 is 13.1. The van der Waals surface area contributed by atoms with E-state index in [0.717, 1.165) is 36.0 Å². The van der Waals surface area contributed by atoms with Gasteiger partial charge in [0.2, 0.25) is 5.95 Å². The molecule has 1 aromatic heterocycles. The summed E-state index contributed by atoms with van der Waals surface area (Å²) in [5.41, 5.74) is 14.5. The smallest absolute Gasteiger partial charge is 0.278 e. The lowest BCUT2D eigenvalue weighted by Gasteiger charge is -2.41. The maximum Gasteiger partial charge on any atom is 0.278 e. The van der Waals surface area contributed by atoms with Gasteiger partial charge in [-0.1, -0.05) is 30.7 Å². The van der Waals surface area contributed by atoms with Crippen molar-refractivity contribution in [1.29, 1.82) is 0 Å². The van der Waals surface area contributed by atoms with Gasteiger partial charge in [-0.3, -0.25) is 4.79 Å². The molecule has 29 heavy (non-hydrogen) atoms. The van der Waals surface area contributed by atoms with Crippen LogP contribution in [0.5, 0.6) is 0 Å². The van der Waals surface area contributed by atoms with Gasteiger partial charge in [-0.05, 0) is 48.2 Å². The van der Waals surface area contributed by atoms with Crippen LogP contribution in [0.25, 0.3) is 11.1 Å². The van der Waals surface area contributed by atoms with Crippen LogP contribution in [-0.2, 0) is 5.41 Å². The van der Waals surface area contributed by atoms with Crippen molar-refractivity contribution in [3.63, 3.8) is 0 Å². The molecule has 3 aromatic rings. The fourth-order valence-corrected chi connectivity index (χ4v) is 3.57. The van der Waals surface area contributed by atoms with Crippen LogP contribution in [-0.4, -0.2) is 21.7 Å². The number of hydrogen-bond donors (Lipinski definition) is 2. The number of nitrogens with two attached hydrogens (primary N) is 2. The van der Waals surface area contributed by atoms with Crippen LogP contribution in [0.1, 0.15) is 35.2 Å². The number of benzene rings is 2. The first-order valence-corrected chi connectivity index (χ1v) is 9.31. The molecule has 1 fully saturated rings. The van der Waals surface area contributed by atoms with Crippen molar-refractivity contribution in [1.82, 2.24) is 9.97 Å². The fourth-order valence-electron chi connectivity index (χ4n) is 3.57. The molecule has 7 heteroatoms. The summed E-state index contributed by atoms with van der Waals surface area (Å²) in [7, 11) is 0. The number of nitrogens with zero attached hydrogens (tertiary/aromatic N) is 3. The first kappa shape index (κ1) is 18.7. The highest BCUT2D eigenvalue weighted by Gasteiger charge is 2.42. The van der Waals surface area contributed by atoms with E-state index in [0.29, 0.717) is 11.4 Å². The van der Waals surface area contributed by atoms with E-state index in [-0.39, 0.29) is 5.95 Å². The van der Waals surface area contributed by atoms with E-state index in [2.05, 4.69) is 15.0 Å². The highest BCUT2D eigenvalue weighted by molar-refractivity contribution is 6.06. The van der Waals surface area contributed by atoms with Crippen molar-refractivity contribution in [2.24, 2.45) is 10.7 Å². The molecule has 1 heterocycles. The first-order valence-electron chi connectivity index (χ1n) is 9.31. The lowest BCUT2D eigenvalue weighted by molar-refractivity contribution is 0.100. The van der Waals surface area contributed by atoms with Crippen LogP contribution >= 0.6 is 0 Å². The van der Waals surface area contributed by atoms with Gasteiger partial charge in [-0.15, -0.1) is 0 Å². The average Bonchev–Trinajstić information content (AvgIpc) is 2.69. The zero-order chi connectivity index (χ0) is 20.4. The van der Waals surface area contributed by atoms with Crippen LogP contribution in [0.2, 0.25) is 0 Å². The zero-order valence-electron chi connectivity index (χ0n) is 15.7. The summed E-state index contributed by atoms with van der Waals surface area (Å²) >= 11 is 0. The average molecular weight is 389 g/mol. The largest absolute Gasteiger partial charge is 0.386 e. The Morgan fingerprint density at radius 1 is 0.966 bits per heavy atom. The lowest BCUT2D eigenvalue weighted by Crippen LogP contribution is -2.47. The minimum atomic E-state index is -0.468. The van der Waals surface area contributed by atoms with E-state index in [1.54, 1.807) is 12.4 Å². The van der Waals surface area contributed by atoms with Crippen molar-refractivity contribution in [3.8, 4) is 11.1 Å². The number of aliphatic imine (C=N–C) groups is 1. The number of amidine groups is 1. The molecule has 0 unspecified atom stereocenters. The SMILES string of the molecule is NC(=NC(=O)c1ccc(F)cc1)C1(c2ccc(-c3cnc(N)nc3)cc2)CCC1. The third kappa shape index (κ3) is 3.59. The molecule has 0 atom stereocenters. The molecule has 2 aromatic carbocycles. The van der Waals surface area contributed by atoms with Gasteiger partial charge in [-0.25, -0.2) is 14.4 Å². The molecule has 4 N–H and O–H groups in total. The van der Waals surface area contributed by atoms with E-state index < -0.39 is 17.1 Å². The van der Waals surface area contributed by atoms with E-state index >= 15 is 0 Å². The Morgan fingerprint density at radius 3 is 2.14 bits per heavy atom. The molecule has 0 bridgehead atoms. The monoisotopic (exact) mass is 389 g/mol. The standard InChI is InChI=1S/C22H20FN5O/c23-18-8-4-15(5-9-18)19(29)28-20(24)22(10-1-11-22)17-6-2-14(3-7-17)16-12-26-21(25)27-13-16/h2-9,12-13H,1,10-11H2,(H2,24,28,29)(H2,25,26,27). The number of amides is 1. The summed E-state index contributed by atoms with van der Waals surface area (Å²) in [4.78, 5) is 24.6. The van der Waals surface area contributed by atoms with Crippen LogP contribution in [0.3, 0.4) is 0 Å². The predicted octanol–water partition coefficient (Wildman–Crippen LogP) is 3.48. The van der Waals surface area contributed by atoms with Crippen LogP contribution < -0.4 is 11.5 Å². The van der Waals surface area contributed by atoms with Crippen molar-refractivity contribution >= 4 is 17.7 Å². The zero-order valence-corrected chi connectivity index (χ0v) is 15.7. The third-order valence-corrected chi connectivity index (χ3v) is 5.45. The van der Waals surface area contributed by atoms with Crippen LogP contribution in [0, 0.1) is 5.82 Å². The molecule has 0 saturated heterocycles. The number of carbonyl (C=O) groups excluding carboxylic acids is 1. The minimum absolute atomic E-state index is 0.230. The molecule has 4 rings (SSSR count). The first-order chi connectivity index (χ1) is 14.0. The highest BCUT2D eigenvalue weighted by atomic mass is 19.1. The fraction of sp³-hybridized carbons (Fsp3) is 0.182. The topological polar surface area (TPSA) is 107 Å². The predicted molar refractivity (Wildman–Crippen MR) is 110 cm³/mol. The minimum Gasteiger partial charge on any atom is -0.386 e. The Kier molecular flexibility index (Phi) is 4.80. The van der Waals surface area contributed by atoms with Crippen molar-refractivity contribution in [3.05, 3.63) is 77.9 Å². The van der Waals surface area contributed by atoms with Gasteiger partial charge >= 0.3 is 0 Å². The van der Waals surface area contributed by atoms with Gasteiger partial charge in [0.1, 0.15) is 11.7 Å². The third-order valence-electron chi connectivity index (χ3n) is 5.45. The summed E-state index contributed by atoms with van der Waals surface area (Å²) in [5, 5.41) is 0. The summed E-state index contributed by atoms with van der Waals surface area (Å²) in [6, 6.07) is 13.2. The molecule has 0 radical (unpaired) electrons. The summed E-state index contributed by atoms with van der Waals surface area (Å²) in [5.74, 6) is -0.347. The van der Waals surface area contributed by atoms with E-state index in [1.807, 2.05) is 24.3 Å². The van der Waals surface area contributed by atoms with Crippen LogP contribution in [0.4, 0.5) is 10.3 Å². The summed E-state index contributed by atoms with van der Waals surface area (Å²) in [6.07, 6.45) is 6.00. The Labute approximate surface area is 167 Å². The van der Waals surface area contributed by atoms with Gasteiger partial charge < -0.3 is 11.5 Å². The number of carbonyl (C=O) groups is 1. The molecule has 1 aliphatic rings. The van der Waals surface area contributed by atoms with Gasteiger partial charge in [-0.2, -0.15) is 4.99 Å². The summed E-state index contributed by atoms with van der Waals surface area (Å²) in [6.45, 7) is 0. The molecule has 0 spiro atoms. The Bertz CT molecular complexity index is 1060. The van der Waals surface area contributed by atoms with Gasteiger partial charge in [0.25, 0.3) is 5.91 Å². The number of halogens is 1. The molecular weight excluding hydrogens is 369 g/mol. The maximum atomic E-state index is 13.1. The Balaban J connectivity index is 1.60. The second-order valence-corrected chi connectivity index (χ2v) is 7.15. The number of nitrogen functional groups attached to an aromatic ring is 1. The van der Waals surface area contributed by atoms with E-state index in [9.17, 15) is 9.18 Å². The molecule has 1 saturated carbocycles.